The number of rotatable bonds is 4. The van der Waals surface area contributed by atoms with Crippen LogP contribution in [-0.2, 0) is 4.74 Å². The van der Waals surface area contributed by atoms with Crippen molar-refractivity contribution in [2.45, 2.75) is 38.1 Å². The Morgan fingerprint density at radius 2 is 2.03 bits per heavy atom. The van der Waals surface area contributed by atoms with Gasteiger partial charge in [-0.3, -0.25) is 4.79 Å². The number of carbonyl (C=O) groups is 1. The van der Waals surface area contributed by atoms with Crippen molar-refractivity contribution in [2.75, 3.05) is 31.2 Å². The Hall–Kier alpha value is -3.00. The molecule has 2 saturated heterocycles. The lowest BCUT2D eigenvalue weighted by molar-refractivity contribution is 0.0845. The topological polar surface area (TPSA) is 93.4 Å². The number of hydrogen-bond acceptors (Lipinski definition) is 7. The number of carbonyl (C=O) groups excluding carboxylic acids is 1. The van der Waals surface area contributed by atoms with Crippen molar-refractivity contribution in [1.82, 2.24) is 20.3 Å². The van der Waals surface area contributed by atoms with E-state index in [9.17, 15) is 4.79 Å². The second-order valence-electron chi connectivity index (χ2n) is 7.99. The van der Waals surface area contributed by atoms with Crippen molar-refractivity contribution in [1.29, 1.82) is 0 Å². The molecule has 2 fully saturated rings. The molecule has 4 heterocycles. The van der Waals surface area contributed by atoms with E-state index in [4.69, 9.17) is 14.1 Å². The second-order valence-corrected chi connectivity index (χ2v) is 7.99. The minimum Gasteiger partial charge on any atom is -0.441 e. The summed E-state index contributed by atoms with van der Waals surface area (Å²) >= 11 is 0. The molecule has 8 nitrogen and oxygen atoms in total. The number of hydrogen-bond donors (Lipinski definition) is 1. The summed E-state index contributed by atoms with van der Waals surface area (Å²) in [6, 6.07) is 7.41. The Kier molecular flexibility index (Phi) is 5.08. The molecule has 1 amide bonds. The van der Waals surface area contributed by atoms with Crippen molar-refractivity contribution in [2.24, 2.45) is 0 Å². The highest BCUT2D eigenvalue weighted by atomic mass is 16.5. The van der Waals surface area contributed by atoms with Crippen molar-refractivity contribution in [3.05, 3.63) is 47.6 Å². The number of oxazole rings is 1. The van der Waals surface area contributed by atoms with Gasteiger partial charge in [-0.05, 0) is 43.5 Å². The Morgan fingerprint density at radius 3 is 2.90 bits per heavy atom. The van der Waals surface area contributed by atoms with Gasteiger partial charge in [0.15, 0.2) is 11.5 Å². The second kappa shape index (κ2) is 8.02. The first-order valence-corrected chi connectivity index (χ1v) is 10.5. The normalized spacial score (nSPS) is 20.0. The van der Waals surface area contributed by atoms with Crippen LogP contribution in [0.4, 0.5) is 5.95 Å². The number of nitrogens with one attached hydrogen (secondary N) is 1. The first kappa shape index (κ1) is 19.0. The highest BCUT2D eigenvalue weighted by molar-refractivity contribution is 5.97. The molecule has 1 atom stereocenters. The molecule has 1 N–H and O–H groups in total. The largest absolute Gasteiger partial charge is 0.441 e. The number of amides is 1. The van der Waals surface area contributed by atoms with Crippen LogP contribution < -0.4 is 10.2 Å². The minimum atomic E-state index is -0.102. The zero-order valence-corrected chi connectivity index (χ0v) is 17.0. The fraction of sp³-hybridized carbons (Fsp3) is 0.455. The highest BCUT2D eigenvalue weighted by Gasteiger charge is 2.27. The maximum absolute atomic E-state index is 12.7. The zero-order chi connectivity index (χ0) is 20.5. The Bertz CT molecular complexity index is 1060. The van der Waals surface area contributed by atoms with Crippen molar-refractivity contribution < 1.29 is 13.9 Å². The molecule has 0 radical (unpaired) electrons. The maximum atomic E-state index is 12.7. The van der Waals surface area contributed by atoms with Crippen molar-refractivity contribution in [3.8, 4) is 0 Å². The molecule has 0 bridgehead atoms. The van der Waals surface area contributed by atoms with E-state index in [1.165, 1.54) is 0 Å². The number of fused-ring (bicyclic) bond motifs is 1. The third-order valence-corrected chi connectivity index (χ3v) is 5.87. The summed E-state index contributed by atoms with van der Waals surface area (Å²) in [6.07, 6.45) is 4.71. The van der Waals surface area contributed by atoms with Gasteiger partial charge in [-0.1, -0.05) is 0 Å². The lowest BCUT2D eigenvalue weighted by Gasteiger charge is -2.23. The molecule has 0 saturated carbocycles. The van der Waals surface area contributed by atoms with E-state index in [1.807, 2.05) is 18.3 Å². The van der Waals surface area contributed by atoms with Crippen LogP contribution in [0, 0.1) is 6.92 Å². The van der Waals surface area contributed by atoms with Gasteiger partial charge < -0.3 is 19.4 Å². The van der Waals surface area contributed by atoms with Crippen LogP contribution in [0.1, 0.15) is 47.1 Å². The quantitative estimate of drug-likeness (QED) is 0.711. The van der Waals surface area contributed by atoms with Gasteiger partial charge in [0.2, 0.25) is 5.95 Å². The summed E-state index contributed by atoms with van der Waals surface area (Å²) in [5.74, 6) is 1.68. The summed E-state index contributed by atoms with van der Waals surface area (Å²) < 4.78 is 11.0. The Labute approximate surface area is 174 Å². The molecule has 2 aliphatic heterocycles. The summed E-state index contributed by atoms with van der Waals surface area (Å²) in [6.45, 7) is 4.91. The molecular weight excluding hydrogens is 382 g/mol. The lowest BCUT2D eigenvalue weighted by atomic mass is 9.96. The number of anilines is 1. The van der Waals surface area contributed by atoms with Crippen LogP contribution in [-0.4, -0.2) is 53.2 Å². The minimum absolute atomic E-state index is 0.0556. The van der Waals surface area contributed by atoms with Gasteiger partial charge in [-0.15, -0.1) is 0 Å². The summed E-state index contributed by atoms with van der Waals surface area (Å²) in [5, 5.41) is 3.13. The standard InChI is InChI=1S/C22H25N5O3/c1-14-24-19-3-2-16(12-20(19)30-14)21(28)25-17-5-9-27(13-17)22-23-8-4-18(26-22)15-6-10-29-11-7-15/h2-4,8,12,15,17H,5-7,9-11,13H2,1H3,(H,25,28). The van der Waals surface area contributed by atoms with Gasteiger partial charge >= 0.3 is 0 Å². The molecule has 1 unspecified atom stereocenters. The van der Waals surface area contributed by atoms with Gasteiger partial charge in [0.1, 0.15) is 5.52 Å². The highest BCUT2D eigenvalue weighted by Crippen LogP contribution is 2.27. The van der Waals surface area contributed by atoms with E-state index in [2.05, 4.69) is 20.2 Å². The van der Waals surface area contributed by atoms with E-state index < -0.39 is 0 Å². The molecule has 8 heteroatoms. The molecular formula is C22H25N5O3. The lowest BCUT2D eigenvalue weighted by Crippen LogP contribution is -2.37. The number of nitrogens with zero attached hydrogens (tertiary/aromatic N) is 4. The predicted octanol–water partition coefficient (Wildman–Crippen LogP) is 2.83. The van der Waals surface area contributed by atoms with Gasteiger partial charge in [-0.25, -0.2) is 15.0 Å². The molecule has 156 valence electrons. The first-order valence-electron chi connectivity index (χ1n) is 10.5. The fourth-order valence-corrected chi connectivity index (χ4v) is 4.24. The monoisotopic (exact) mass is 407 g/mol. The summed E-state index contributed by atoms with van der Waals surface area (Å²) in [4.78, 5) is 28.4. The van der Waals surface area contributed by atoms with E-state index >= 15 is 0 Å². The van der Waals surface area contributed by atoms with Gasteiger partial charge in [0.05, 0.1) is 0 Å². The van der Waals surface area contributed by atoms with Crippen molar-refractivity contribution in [3.63, 3.8) is 0 Å². The molecule has 2 aromatic heterocycles. The first-order chi connectivity index (χ1) is 14.7. The van der Waals surface area contributed by atoms with Crippen LogP contribution in [0.3, 0.4) is 0 Å². The third-order valence-electron chi connectivity index (χ3n) is 5.87. The van der Waals surface area contributed by atoms with E-state index in [0.29, 0.717) is 29.5 Å². The van der Waals surface area contributed by atoms with Crippen LogP contribution >= 0.6 is 0 Å². The van der Waals surface area contributed by atoms with Crippen molar-refractivity contribution >= 4 is 23.0 Å². The van der Waals surface area contributed by atoms with E-state index in [0.717, 1.165) is 56.2 Å². The molecule has 30 heavy (non-hydrogen) atoms. The molecule has 5 rings (SSSR count). The smallest absolute Gasteiger partial charge is 0.251 e. The van der Waals surface area contributed by atoms with Gasteiger partial charge in [0, 0.05) is 62.6 Å². The number of benzene rings is 1. The average Bonchev–Trinajstić information content (AvgIpc) is 3.39. The maximum Gasteiger partial charge on any atom is 0.251 e. The number of aryl methyl sites for hydroxylation is 1. The van der Waals surface area contributed by atoms with Crippen LogP contribution in [0.5, 0.6) is 0 Å². The molecule has 3 aromatic rings. The number of ether oxygens (including phenoxy) is 1. The van der Waals surface area contributed by atoms with Gasteiger partial charge in [0.25, 0.3) is 5.91 Å². The van der Waals surface area contributed by atoms with E-state index in [1.54, 1.807) is 19.1 Å². The van der Waals surface area contributed by atoms with Gasteiger partial charge in [-0.2, -0.15) is 0 Å². The predicted molar refractivity (Wildman–Crippen MR) is 112 cm³/mol. The SMILES string of the molecule is Cc1nc2ccc(C(=O)NC3CCN(c4nccc(C5CCOCC5)n4)C3)cc2o1. The number of aromatic nitrogens is 3. The Morgan fingerprint density at radius 1 is 1.17 bits per heavy atom. The molecule has 0 spiro atoms. The van der Waals surface area contributed by atoms with Crippen LogP contribution in [0.2, 0.25) is 0 Å². The average molecular weight is 407 g/mol. The molecule has 1 aromatic carbocycles. The Balaban J connectivity index is 1.23. The third kappa shape index (κ3) is 3.87. The van der Waals surface area contributed by atoms with Crippen LogP contribution in [0.25, 0.3) is 11.1 Å². The van der Waals surface area contributed by atoms with E-state index in [-0.39, 0.29) is 11.9 Å². The summed E-state index contributed by atoms with van der Waals surface area (Å²) in [7, 11) is 0. The summed E-state index contributed by atoms with van der Waals surface area (Å²) in [5.41, 5.74) is 3.06. The molecule has 2 aliphatic rings. The van der Waals surface area contributed by atoms with Crippen LogP contribution in [0.15, 0.2) is 34.9 Å². The zero-order valence-electron chi connectivity index (χ0n) is 17.0. The fourth-order valence-electron chi connectivity index (χ4n) is 4.24. The molecule has 0 aliphatic carbocycles.